The smallest absolute Gasteiger partial charge is 0.220 e. The van der Waals surface area contributed by atoms with Crippen LogP contribution >= 0.6 is 12.4 Å². The van der Waals surface area contributed by atoms with Crippen LogP contribution in [0, 0.1) is 11.8 Å². The molecule has 0 aromatic heterocycles. The average Bonchev–Trinajstić information content (AvgIpc) is 2.33. The fourth-order valence-electron chi connectivity index (χ4n) is 2.01. The Morgan fingerprint density at radius 2 is 1.89 bits per heavy atom. The average molecular weight is 293 g/mol. The van der Waals surface area contributed by atoms with Gasteiger partial charge in [0.1, 0.15) is 0 Å². The number of nitrogens with one attached hydrogen (secondary N) is 1. The Morgan fingerprint density at radius 3 is 2.26 bits per heavy atom. The lowest BCUT2D eigenvalue weighted by atomic mass is 9.87. The van der Waals surface area contributed by atoms with Gasteiger partial charge in [-0.3, -0.25) is 4.79 Å². The van der Waals surface area contributed by atoms with Crippen molar-refractivity contribution in [2.24, 2.45) is 17.6 Å². The minimum absolute atomic E-state index is 0. The van der Waals surface area contributed by atoms with Gasteiger partial charge in [0.15, 0.2) is 0 Å². The highest BCUT2D eigenvalue weighted by Gasteiger charge is 2.28. The van der Waals surface area contributed by atoms with E-state index >= 15 is 0 Å². The Labute approximate surface area is 125 Å². The van der Waals surface area contributed by atoms with Crippen molar-refractivity contribution >= 4 is 18.3 Å². The Balaban J connectivity index is 0. The molecule has 0 spiro atoms. The number of hydrogen-bond acceptors (Lipinski definition) is 2. The van der Waals surface area contributed by atoms with Crippen LogP contribution in [0.3, 0.4) is 0 Å². The van der Waals surface area contributed by atoms with Gasteiger partial charge in [0.25, 0.3) is 0 Å². The normalized spacial score (nSPS) is 15.5. The highest BCUT2D eigenvalue weighted by atomic mass is 35.5. The molecule has 2 unspecified atom stereocenters. The van der Waals surface area contributed by atoms with Gasteiger partial charge in [0.05, 0.1) is 5.54 Å². The quantitative estimate of drug-likeness (QED) is 0.683. The van der Waals surface area contributed by atoms with Crippen LogP contribution in [-0.4, -0.2) is 18.0 Å². The molecule has 19 heavy (non-hydrogen) atoms. The molecular weight excluding hydrogens is 260 g/mol. The van der Waals surface area contributed by atoms with Gasteiger partial charge in [-0.2, -0.15) is 0 Å². The van der Waals surface area contributed by atoms with E-state index in [2.05, 4.69) is 33.0 Å². The van der Waals surface area contributed by atoms with Gasteiger partial charge in [0, 0.05) is 13.0 Å². The van der Waals surface area contributed by atoms with Gasteiger partial charge < -0.3 is 11.1 Å². The highest BCUT2D eigenvalue weighted by molar-refractivity contribution is 5.85. The molecule has 0 aromatic rings. The van der Waals surface area contributed by atoms with E-state index in [9.17, 15) is 4.79 Å². The number of halogens is 1. The second kappa shape index (κ2) is 10.5. The predicted molar refractivity (Wildman–Crippen MR) is 85.6 cm³/mol. The third-order valence-corrected chi connectivity index (χ3v) is 4.14. The molecule has 2 atom stereocenters. The standard InChI is InChI=1S/C15H32N2O.ClH/c1-6-8-9-13(7-2)10-14(18)17-15(5,11-16)12(3)4;/h12-13H,6-11,16H2,1-5H3,(H,17,18);1H. The maximum Gasteiger partial charge on any atom is 0.220 e. The van der Waals surface area contributed by atoms with Crippen molar-refractivity contribution in [3.05, 3.63) is 0 Å². The van der Waals surface area contributed by atoms with Crippen molar-refractivity contribution in [3.8, 4) is 0 Å². The van der Waals surface area contributed by atoms with E-state index in [4.69, 9.17) is 5.73 Å². The van der Waals surface area contributed by atoms with Crippen LogP contribution in [0.2, 0.25) is 0 Å². The molecule has 3 N–H and O–H groups in total. The van der Waals surface area contributed by atoms with Gasteiger partial charge in [-0.1, -0.05) is 47.0 Å². The number of hydrogen-bond donors (Lipinski definition) is 2. The molecule has 1 amide bonds. The van der Waals surface area contributed by atoms with Crippen molar-refractivity contribution in [3.63, 3.8) is 0 Å². The molecule has 0 saturated heterocycles. The van der Waals surface area contributed by atoms with Crippen LogP contribution in [0.5, 0.6) is 0 Å². The number of carbonyl (C=O) groups is 1. The van der Waals surface area contributed by atoms with E-state index < -0.39 is 0 Å². The molecule has 0 heterocycles. The Morgan fingerprint density at radius 1 is 1.32 bits per heavy atom. The topological polar surface area (TPSA) is 55.1 Å². The van der Waals surface area contributed by atoms with Gasteiger partial charge in [-0.25, -0.2) is 0 Å². The van der Waals surface area contributed by atoms with Crippen molar-refractivity contribution in [2.45, 2.75) is 72.3 Å². The van der Waals surface area contributed by atoms with E-state index in [1.807, 2.05) is 6.92 Å². The maximum absolute atomic E-state index is 12.1. The summed E-state index contributed by atoms with van der Waals surface area (Å²) in [6.07, 6.45) is 5.28. The lowest BCUT2D eigenvalue weighted by molar-refractivity contribution is -0.124. The summed E-state index contributed by atoms with van der Waals surface area (Å²) in [5.41, 5.74) is 5.51. The van der Waals surface area contributed by atoms with Crippen LogP contribution in [0.4, 0.5) is 0 Å². The molecule has 116 valence electrons. The highest BCUT2D eigenvalue weighted by Crippen LogP contribution is 2.19. The van der Waals surface area contributed by atoms with Gasteiger partial charge in [-0.05, 0) is 25.2 Å². The lowest BCUT2D eigenvalue weighted by Gasteiger charge is -2.34. The molecule has 4 heteroatoms. The SMILES string of the molecule is CCCCC(CC)CC(=O)NC(C)(CN)C(C)C.Cl. The summed E-state index contributed by atoms with van der Waals surface area (Å²) in [6.45, 7) is 11.1. The number of unbranched alkanes of at least 4 members (excludes halogenated alkanes) is 1. The number of nitrogens with two attached hydrogens (primary N) is 1. The van der Waals surface area contributed by atoms with E-state index in [0.717, 1.165) is 12.8 Å². The minimum Gasteiger partial charge on any atom is -0.349 e. The molecule has 0 rings (SSSR count). The molecule has 0 aliphatic rings. The van der Waals surface area contributed by atoms with Crippen LogP contribution in [0.1, 0.15) is 66.7 Å². The first-order chi connectivity index (χ1) is 8.39. The third kappa shape index (κ3) is 7.78. The third-order valence-electron chi connectivity index (χ3n) is 4.14. The second-order valence-electron chi connectivity index (χ2n) is 5.95. The number of rotatable bonds is 9. The molecule has 3 nitrogen and oxygen atoms in total. The summed E-state index contributed by atoms with van der Waals surface area (Å²) in [5.74, 6) is 1.01. The first-order valence-electron chi connectivity index (χ1n) is 7.40. The van der Waals surface area contributed by atoms with Crippen molar-refractivity contribution < 1.29 is 4.79 Å². The first-order valence-corrected chi connectivity index (χ1v) is 7.40. The molecule has 0 aliphatic carbocycles. The van der Waals surface area contributed by atoms with Crippen molar-refractivity contribution in [1.82, 2.24) is 5.32 Å². The monoisotopic (exact) mass is 292 g/mol. The van der Waals surface area contributed by atoms with Crippen LogP contribution < -0.4 is 11.1 Å². The van der Waals surface area contributed by atoms with E-state index in [-0.39, 0.29) is 23.9 Å². The second-order valence-corrected chi connectivity index (χ2v) is 5.95. The van der Waals surface area contributed by atoms with Crippen LogP contribution in [0.15, 0.2) is 0 Å². The Bertz CT molecular complexity index is 246. The predicted octanol–water partition coefficient (Wildman–Crippen LogP) is 3.50. The summed E-state index contributed by atoms with van der Waals surface area (Å²) >= 11 is 0. The molecule has 0 fully saturated rings. The summed E-state index contributed by atoms with van der Waals surface area (Å²) in [7, 11) is 0. The summed E-state index contributed by atoms with van der Waals surface area (Å²) < 4.78 is 0. The van der Waals surface area contributed by atoms with E-state index in [0.29, 0.717) is 24.8 Å². The maximum atomic E-state index is 12.1. The number of amides is 1. The molecular formula is C15H33ClN2O. The molecule has 0 bridgehead atoms. The fraction of sp³-hybridized carbons (Fsp3) is 0.933. The molecule has 0 saturated carbocycles. The largest absolute Gasteiger partial charge is 0.349 e. The molecule has 0 aliphatic heterocycles. The van der Waals surface area contributed by atoms with Crippen molar-refractivity contribution in [1.29, 1.82) is 0 Å². The van der Waals surface area contributed by atoms with Gasteiger partial charge in [-0.15, -0.1) is 12.4 Å². The summed E-state index contributed by atoms with van der Waals surface area (Å²) in [4.78, 5) is 12.1. The van der Waals surface area contributed by atoms with E-state index in [1.54, 1.807) is 0 Å². The Kier molecular flexibility index (Phi) is 11.6. The van der Waals surface area contributed by atoms with Gasteiger partial charge in [0.2, 0.25) is 5.91 Å². The zero-order valence-corrected chi connectivity index (χ0v) is 14.1. The number of carbonyl (C=O) groups excluding carboxylic acids is 1. The van der Waals surface area contributed by atoms with Crippen LogP contribution in [0.25, 0.3) is 0 Å². The lowest BCUT2D eigenvalue weighted by Crippen LogP contribution is -2.55. The van der Waals surface area contributed by atoms with Crippen molar-refractivity contribution in [2.75, 3.05) is 6.54 Å². The first kappa shape index (κ1) is 21.0. The fourth-order valence-corrected chi connectivity index (χ4v) is 2.01. The molecule has 0 aromatic carbocycles. The summed E-state index contributed by atoms with van der Waals surface area (Å²) in [6, 6.07) is 0. The minimum atomic E-state index is -0.278. The zero-order valence-electron chi connectivity index (χ0n) is 13.3. The Hall–Kier alpha value is -0.280. The zero-order chi connectivity index (χ0) is 14.2. The van der Waals surface area contributed by atoms with Crippen LogP contribution in [-0.2, 0) is 4.79 Å². The molecule has 0 radical (unpaired) electrons. The van der Waals surface area contributed by atoms with E-state index in [1.165, 1.54) is 12.8 Å². The van der Waals surface area contributed by atoms with Gasteiger partial charge >= 0.3 is 0 Å². The summed E-state index contributed by atoms with van der Waals surface area (Å²) in [5, 5.41) is 3.12.